The van der Waals surface area contributed by atoms with Gasteiger partial charge in [-0.15, -0.1) is 0 Å². The number of nitrogens with zero attached hydrogens (tertiary/aromatic N) is 3. The van der Waals surface area contributed by atoms with Crippen molar-refractivity contribution >= 4 is 6.03 Å². The molecule has 0 radical (unpaired) electrons. The number of rotatable bonds is 6. The Labute approximate surface area is 149 Å². The van der Waals surface area contributed by atoms with Crippen molar-refractivity contribution in [3.63, 3.8) is 0 Å². The second-order valence-electron chi connectivity index (χ2n) is 6.02. The summed E-state index contributed by atoms with van der Waals surface area (Å²) >= 11 is 0. The molecule has 0 aromatic carbocycles. The van der Waals surface area contributed by atoms with Crippen molar-refractivity contribution in [3.05, 3.63) is 53.1 Å². The van der Waals surface area contributed by atoms with Gasteiger partial charge in [0.25, 0.3) is 0 Å². The maximum absolute atomic E-state index is 12.6. The number of carbonyl (C=O) groups is 1. The van der Waals surface area contributed by atoms with Gasteiger partial charge >= 0.3 is 6.03 Å². The number of nitrogens with one attached hydrogen (secondary N) is 1. The van der Waals surface area contributed by atoms with E-state index in [1.165, 1.54) is 0 Å². The average Bonchev–Trinajstić information content (AvgIpc) is 2.62. The molecule has 2 amide bonds. The molecule has 134 valence electrons. The maximum Gasteiger partial charge on any atom is 0.317 e. The lowest BCUT2D eigenvalue weighted by Crippen LogP contribution is -2.39. The van der Waals surface area contributed by atoms with Crippen molar-refractivity contribution in [3.8, 4) is 5.75 Å². The van der Waals surface area contributed by atoms with Crippen LogP contribution in [0.25, 0.3) is 0 Å². The summed E-state index contributed by atoms with van der Waals surface area (Å²) < 4.78 is 5.42. The summed E-state index contributed by atoms with van der Waals surface area (Å²) in [5, 5.41) is 2.95. The Balaban J connectivity index is 2.07. The normalized spacial score (nSPS) is 11.7. The highest BCUT2D eigenvalue weighted by atomic mass is 16.5. The number of pyridine rings is 2. The minimum absolute atomic E-state index is 0.00427. The Hall–Kier alpha value is -2.63. The van der Waals surface area contributed by atoms with Crippen LogP contribution in [0.15, 0.2) is 30.7 Å². The number of methoxy groups -OCH3 is 1. The van der Waals surface area contributed by atoms with Crippen LogP contribution in [-0.2, 0) is 6.54 Å². The number of hydrogen-bond acceptors (Lipinski definition) is 4. The molecule has 0 saturated carbocycles. The van der Waals surface area contributed by atoms with E-state index in [4.69, 9.17) is 4.74 Å². The number of hydrogen-bond donors (Lipinski definition) is 1. The zero-order valence-corrected chi connectivity index (χ0v) is 15.5. The van der Waals surface area contributed by atoms with E-state index in [0.717, 1.165) is 34.6 Å². The zero-order chi connectivity index (χ0) is 18.4. The second kappa shape index (κ2) is 8.46. The first kappa shape index (κ1) is 18.7. The number of carbonyl (C=O) groups excluding carboxylic acids is 1. The van der Waals surface area contributed by atoms with E-state index in [1.807, 2.05) is 26.0 Å². The number of urea groups is 1. The van der Waals surface area contributed by atoms with Gasteiger partial charge in [-0.05, 0) is 38.0 Å². The molecule has 0 aliphatic carbocycles. The molecule has 0 fully saturated rings. The lowest BCUT2D eigenvalue weighted by molar-refractivity contribution is 0.188. The molecule has 2 aromatic heterocycles. The van der Waals surface area contributed by atoms with Gasteiger partial charge in [-0.3, -0.25) is 9.97 Å². The smallest absolute Gasteiger partial charge is 0.317 e. The minimum Gasteiger partial charge on any atom is -0.496 e. The Kier molecular flexibility index (Phi) is 6.33. The topological polar surface area (TPSA) is 67.4 Å². The highest BCUT2D eigenvalue weighted by Gasteiger charge is 2.20. The van der Waals surface area contributed by atoms with Gasteiger partial charge in [-0.2, -0.15) is 0 Å². The van der Waals surface area contributed by atoms with Crippen LogP contribution in [-0.4, -0.2) is 35.1 Å². The van der Waals surface area contributed by atoms with Gasteiger partial charge < -0.3 is 15.0 Å². The van der Waals surface area contributed by atoms with Gasteiger partial charge in [0.1, 0.15) is 5.75 Å². The Morgan fingerprint density at radius 1 is 1.32 bits per heavy atom. The molecule has 6 nitrogen and oxygen atoms in total. The van der Waals surface area contributed by atoms with Crippen molar-refractivity contribution in [2.75, 3.05) is 14.2 Å². The molecule has 6 heteroatoms. The van der Waals surface area contributed by atoms with Gasteiger partial charge in [-0.25, -0.2) is 4.79 Å². The van der Waals surface area contributed by atoms with Crippen LogP contribution in [0.5, 0.6) is 5.75 Å². The largest absolute Gasteiger partial charge is 0.496 e. The highest BCUT2D eigenvalue weighted by Crippen LogP contribution is 2.24. The van der Waals surface area contributed by atoms with E-state index in [0.29, 0.717) is 6.54 Å². The lowest BCUT2D eigenvalue weighted by Gasteiger charge is -2.28. The molecule has 1 unspecified atom stereocenters. The first-order valence-corrected chi connectivity index (χ1v) is 8.39. The molecule has 2 heterocycles. The van der Waals surface area contributed by atoms with Crippen LogP contribution < -0.4 is 10.1 Å². The third-order valence-corrected chi connectivity index (χ3v) is 4.42. The van der Waals surface area contributed by atoms with Crippen LogP contribution in [0.4, 0.5) is 4.79 Å². The molecule has 0 bridgehead atoms. The predicted octanol–water partition coefficient (Wildman–Crippen LogP) is 3.39. The summed E-state index contributed by atoms with van der Waals surface area (Å²) in [4.78, 5) is 22.7. The van der Waals surface area contributed by atoms with Gasteiger partial charge in [0.05, 0.1) is 25.4 Å². The van der Waals surface area contributed by atoms with Gasteiger partial charge in [0, 0.05) is 36.8 Å². The number of aromatic nitrogens is 2. The molecule has 0 aliphatic heterocycles. The van der Waals surface area contributed by atoms with E-state index >= 15 is 0 Å². The molecule has 25 heavy (non-hydrogen) atoms. The van der Waals surface area contributed by atoms with Gasteiger partial charge in [0.15, 0.2) is 0 Å². The third-order valence-electron chi connectivity index (χ3n) is 4.42. The number of ether oxygens (including phenoxy) is 1. The molecular weight excluding hydrogens is 316 g/mol. The van der Waals surface area contributed by atoms with Crippen LogP contribution >= 0.6 is 0 Å². The average molecular weight is 342 g/mol. The summed E-state index contributed by atoms with van der Waals surface area (Å²) in [6.45, 7) is 6.33. The SMILES string of the molecule is CCC(c1ccncc1)N(C)C(=O)NCc1ncc(C)c(OC)c1C. The van der Waals surface area contributed by atoms with E-state index in [-0.39, 0.29) is 12.1 Å². The van der Waals surface area contributed by atoms with Crippen LogP contribution in [0.3, 0.4) is 0 Å². The number of amides is 2. The fourth-order valence-corrected chi connectivity index (χ4v) is 2.99. The Morgan fingerprint density at radius 2 is 2.00 bits per heavy atom. The van der Waals surface area contributed by atoms with Gasteiger partial charge in [0.2, 0.25) is 0 Å². The minimum atomic E-state index is -0.135. The van der Waals surface area contributed by atoms with Crippen molar-refractivity contribution < 1.29 is 9.53 Å². The summed E-state index contributed by atoms with van der Waals surface area (Å²) in [5.41, 5.74) is 3.81. The molecular formula is C19H26N4O2. The summed E-state index contributed by atoms with van der Waals surface area (Å²) in [5.74, 6) is 0.816. The van der Waals surface area contributed by atoms with E-state index < -0.39 is 0 Å². The van der Waals surface area contributed by atoms with E-state index in [1.54, 1.807) is 37.6 Å². The number of aryl methyl sites for hydroxylation is 1. The standard InChI is InChI=1S/C19H26N4O2/c1-6-17(15-7-9-20-10-8-15)23(4)19(24)22-12-16-14(3)18(25-5)13(2)11-21-16/h7-11,17H,6,12H2,1-5H3,(H,22,24). The van der Waals surface area contributed by atoms with Gasteiger partial charge in [-0.1, -0.05) is 6.92 Å². The molecule has 2 rings (SSSR count). The molecule has 1 atom stereocenters. The van der Waals surface area contributed by atoms with Crippen LogP contribution in [0.1, 0.15) is 41.8 Å². The van der Waals surface area contributed by atoms with Crippen molar-refractivity contribution in [2.24, 2.45) is 0 Å². The highest BCUT2D eigenvalue weighted by molar-refractivity contribution is 5.74. The predicted molar refractivity (Wildman–Crippen MR) is 97.5 cm³/mol. The third kappa shape index (κ3) is 4.26. The van der Waals surface area contributed by atoms with Crippen molar-refractivity contribution in [2.45, 2.75) is 39.8 Å². The quantitative estimate of drug-likeness (QED) is 0.874. The molecule has 0 saturated heterocycles. The molecule has 0 aliphatic rings. The van der Waals surface area contributed by atoms with Crippen LogP contribution in [0.2, 0.25) is 0 Å². The molecule has 2 aromatic rings. The van der Waals surface area contributed by atoms with Crippen LogP contribution in [0, 0.1) is 13.8 Å². The fraction of sp³-hybridized carbons (Fsp3) is 0.421. The first-order chi connectivity index (χ1) is 12.0. The zero-order valence-electron chi connectivity index (χ0n) is 15.5. The fourth-order valence-electron chi connectivity index (χ4n) is 2.99. The Morgan fingerprint density at radius 3 is 2.60 bits per heavy atom. The second-order valence-corrected chi connectivity index (χ2v) is 6.02. The van der Waals surface area contributed by atoms with Crippen molar-refractivity contribution in [1.29, 1.82) is 0 Å². The maximum atomic E-state index is 12.6. The Bertz CT molecular complexity index is 719. The lowest BCUT2D eigenvalue weighted by atomic mass is 10.1. The summed E-state index contributed by atoms with van der Waals surface area (Å²) in [7, 11) is 3.45. The summed E-state index contributed by atoms with van der Waals surface area (Å²) in [6.07, 6.45) is 6.08. The summed E-state index contributed by atoms with van der Waals surface area (Å²) in [6, 6.07) is 3.75. The first-order valence-electron chi connectivity index (χ1n) is 8.39. The van der Waals surface area contributed by atoms with Crippen molar-refractivity contribution in [1.82, 2.24) is 20.2 Å². The molecule has 0 spiro atoms. The van der Waals surface area contributed by atoms with E-state index in [9.17, 15) is 4.79 Å². The monoisotopic (exact) mass is 342 g/mol. The van der Waals surface area contributed by atoms with E-state index in [2.05, 4.69) is 22.2 Å². The molecule has 1 N–H and O–H groups in total.